The number of thioether (sulfide) groups is 1. The van der Waals surface area contributed by atoms with Gasteiger partial charge in [0.25, 0.3) is 0 Å². The fraction of sp³-hybridized carbons (Fsp3) is 0.778. The van der Waals surface area contributed by atoms with Gasteiger partial charge in [-0.15, -0.1) is 5.10 Å². The van der Waals surface area contributed by atoms with Crippen molar-refractivity contribution in [3.63, 3.8) is 0 Å². The molecule has 1 atom stereocenters. The van der Waals surface area contributed by atoms with Gasteiger partial charge in [-0.1, -0.05) is 11.8 Å². The molecule has 15 heavy (non-hydrogen) atoms. The van der Waals surface area contributed by atoms with E-state index in [9.17, 15) is 0 Å². The van der Waals surface area contributed by atoms with Crippen molar-refractivity contribution in [1.29, 1.82) is 0 Å². The Bertz CT molecular complexity index is 279. The van der Waals surface area contributed by atoms with Crippen LogP contribution in [0, 0.1) is 6.92 Å². The molecule has 5 nitrogen and oxygen atoms in total. The predicted molar refractivity (Wildman–Crippen MR) is 60.9 cm³/mol. The second-order valence-corrected chi connectivity index (χ2v) is 4.22. The third-order valence-electron chi connectivity index (χ3n) is 1.91. The minimum atomic E-state index is 0.155. The highest BCUT2D eigenvalue weighted by Crippen LogP contribution is 2.14. The van der Waals surface area contributed by atoms with Crippen molar-refractivity contribution >= 4 is 11.8 Å². The number of aryl methyl sites for hydroxylation is 1. The Hall–Kier alpha value is -0.590. The lowest BCUT2D eigenvalue weighted by Crippen LogP contribution is -2.24. The summed E-state index contributed by atoms with van der Waals surface area (Å²) in [6, 6.07) is 0. The van der Waals surface area contributed by atoms with Crippen molar-refractivity contribution < 1.29 is 4.74 Å². The summed E-state index contributed by atoms with van der Waals surface area (Å²) >= 11 is 1.62. The van der Waals surface area contributed by atoms with Gasteiger partial charge in [-0.3, -0.25) is 5.10 Å². The molecule has 1 rings (SSSR count). The second kappa shape index (κ2) is 6.81. The van der Waals surface area contributed by atoms with Gasteiger partial charge in [-0.05, 0) is 20.3 Å². The zero-order chi connectivity index (χ0) is 11.1. The largest absolute Gasteiger partial charge is 0.377 e. The van der Waals surface area contributed by atoms with Crippen LogP contribution in [0.25, 0.3) is 0 Å². The lowest BCUT2D eigenvalue weighted by molar-refractivity contribution is 0.0674. The summed E-state index contributed by atoms with van der Waals surface area (Å²) in [7, 11) is 0. The molecule has 0 spiro atoms. The van der Waals surface area contributed by atoms with Gasteiger partial charge < -0.3 is 10.5 Å². The van der Waals surface area contributed by atoms with Gasteiger partial charge >= 0.3 is 0 Å². The van der Waals surface area contributed by atoms with Gasteiger partial charge in [0.1, 0.15) is 5.82 Å². The molecule has 0 bridgehead atoms. The SMILES string of the molecule is CCOC(CN)CCSc1n[nH]c(C)n1. The molecule has 1 heterocycles. The average Bonchev–Trinajstić information content (AvgIpc) is 2.63. The van der Waals surface area contributed by atoms with E-state index in [1.165, 1.54) is 0 Å². The molecule has 1 unspecified atom stereocenters. The van der Waals surface area contributed by atoms with Crippen LogP contribution in [0.2, 0.25) is 0 Å². The first-order valence-electron chi connectivity index (χ1n) is 5.09. The fourth-order valence-electron chi connectivity index (χ4n) is 1.17. The van der Waals surface area contributed by atoms with Gasteiger partial charge in [-0.2, -0.15) is 0 Å². The standard InChI is InChI=1S/C9H18N4OS/c1-3-14-8(6-10)4-5-15-9-11-7(2)12-13-9/h8H,3-6,10H2,1-2H3,(H,11,12,13). The predicted octanol–water partition coefficient (Wildman–Crippen LogP) is 0.959. The van der Waals surface area contributed by atoms with E-state index >= 15 is 0 Å². The van der Waals surface area contributed by atoms with Crippen molar-refractivity contribution in [1.82, 2.24) is 15.2 Å². The van der Waals surface area contributed by atoms with E-state index in [0.29, 0.717) is 13.2 Å². The molecule has 0 radical (unpaired) electrons. The van der Waals surface area contributed by atoms with Crippen molar-refractivity contribution in [3.05, 3.63) is 5.82 Å². The topological polar surface area (TPSA) is 76.8 Å². The van der Waals surface area contributed by atoms with Crippen LogP contribution in [-0.4, -0.2) is 40.2 Å². The van der Waals surface area contributed by atoms with E-state index in [4.69, 9.17) is 10.5 Å². The van der Waals surface area contributed by atoms with Gasteiger partial charge in [0.05, 0.1) is 6.10 Å². The first kappa shape index (κ1) is 12.5. The molecule has 0 aliphatic rings. The molecule has 0 aromatic carbocycles. The summed E-state index contributed by atoms with van der Waals surface area (Å²) in [6.45, 7) is 5.15. The van der Waals surface area contributed by atoms with Crippen LogP contribution in [0.3, 0.4) is 0 Å². The van der Waals surface area contributed by atoms with Crippen molar-refractivity contribution in [2.75, 3.05) is 18.9 Å². The molecular weight excluding hydrogens is 212 g/mol. The van der Waals surface area contributed by atoms with Gasteiger partial charge in [0.2, 0.25) is 5.16 Å². The van der Waals surface area contributed by atoms with E-state index in [0.717, 1.165) is 23.2 Å². The Morgan fingerprint density at radius 3 is 2.93 bits per heavy atom. The molecule has 0 saturated carbocycles. The van der Waals surface area contributed by atoms with E-state index in [-0.39, 0.29) is 6.10 Å². The number of rotatable bonds is 7. The maximum Gasteiger partial charge on any atom is 0.208 e. The highest BCUT2D eigenvalue weighted by Gasteiger charge is 2.07. The lowest BCUT2D eigenvalue weighted by atomic mass is 10.3. The van der Waals surface area contributed by atoms with Gasteiger partial charge in [0, 0.05) is 18.9 Å². The van der Waals surface area contributed by atoms with Crippen molar-refractivity contribution in [2.24, 2.45) is 5.73 Å². The Morgan fingerprint density at radius 2 is 2.40 bits per heavy atom. The van der Waals surface area contributed by atoms with Crippen LogP contribution < -0.4 is 5.73 Å². The van der Waals surface area contributed by atoms with Crippen LogP contribution in [0.1, 0.15) is 19.2 Å². The quantitative estimate of drug-likeness (QED) is 0.682. The molecule has 0 aliphatic heterocycles. The smallest absolute Gasteiger partial charge is 0.208 e. The summed E-state index contributed by atoms with van der Waals surface area (Å²) in [5.41, 5.74) is 5.57. The molecule has 86 valence electrons. The molecular formula is C9H18N4OS. The molecule has 0 saturated heterocycles. The Kier molecular flexibility index (Phi) is 5.67. The molecule has 3 N–H and O–H groups in total. The number of nitrogens with zero attached hydrogens (tertiary/aromatic N) is 2. The highest BCUT2D eigenvalue weighted by atomic mass is 32.2. The first-order valence-corrected chi connectivity index (χ1v) is 6.08. The maximum atomic E-state index is 5.57. The van der Waals surface area contributed by atoms with Gasteiger partial charge in [0.15, 0.2) is 0 Å². The number of aromatic nitrogens is 3. The van der Waals surface area contributed by atoms with Gasteiger partial charge in [-0.25, -0.2) is 4.98 Å². The number of hydrogen-bond donors (Lipinski definition) is 2. The molecule has 6 heteroatoms. The van der Waals surface area contributed by atoms with E-state index in [1.54, 1.807) is 11.8 Å². The number of H-pyrrole nitrogens is 1. The number of aromatic amines is 1. The van der Waals surface area contributed by atoms with E-state index < -0.39 is 0 Å². The number of ether oxygens (including phenoxy) is 1. The summed E-state index contributed by atoms with van der Waals surface area (Å²) < 4.78 is 5.45. The van der Waals surface area contributed by atoms with Crippen molar-refractivity contribution in [3.8, 4) is 0 Å². The normalized spacial score (nSPS) is 13.0. The monoisotopic (exact) mass is 230 g/mol. The highest BCUT2D eigenvalue weighted by molar-refractivity contribution is 7.99. The molecule has 0 amide bonds. The average molecular weight is 230 g/mol. The van der Waals surface area contributed by atoms with Crippen LogP contribution in [0.4, 0.5) is 0 Å². The lowest BCUT2D eigenvalue weighted by Gasteiger charge is -2.13. The summed E-state index contributed by atoms with van der Waals surface area (Å²) in [4.78, 5) is 4.20. The van der Waals surface area contributed by atoms with Crippen LogP contribution in [0.15, 0.2) is 5.16 Å². The molecule has 0 aliphatic carbocycles. The van der Waals surface area contributed by atoms with Crippen LogP contribution >= 0.6 is 11.8 Å². The van der Waals surface area contributed by atoms with E-state index in [2.05, 4.69) is 15.2 Å². The summed E-state index contributed by atoms with van der Waals surface area (Å²) in [6.07, 6.45) is 1.09. The minimum Gasteiger partial charge on any atom is -0.377 e. The second-order valence-electron chi connectivity index (χ2n) is 3.15. The number of nitrogens with one attached hydrogen (secondary N) is 1. The van der Waals surface area contributed by atoms with Crippen LogP contribution in [-0.2, 0) is 4.74 Å². The van der Waals surface area contributed by atoms with Crippen LogP contribution in [0.5, 0.6) is 0 Å². The Morgan fingerprint density at radius 1 is 1.60 bits per heavy atom. The third kappa shape index (κ3) is 4.63. The zero-order valence-corrected chi connectivity index (χ0v) is 10.0. The first-order chi connectivity index (χ1) is 7.26. The molecule has 0 fully saturated rings. The Balaban J connectivity index is 2.20. The maximum absolute atomic E-state index is 5.57. The molecule has 1 aromatic rings. The van der Waals surface area contributed by atoms with Crippen molar-refractivity contribution in [2.45, 2.75) is 31.5 Å². The minimum absolute atomic E-state index is 0.155. The summed E-state index contributed by atoms with van der Waals surface area (Å²) in [5, 5.41) is 7.64. The Labute approximate surface area is 94.2 Å². The fourth-order valence-corrected chi connectivity index (χ4v) is 2.05. The van der Waals surface area contributed by atoms with E-state index in [1.807, 2.05) is 13.8 Å². The number of nitrogens with two attached hydrogens (primary N) is 1. The zero-order valence-electron chi connectivity index (χ0n) is 9.19. The number of hydrogen-bond acceptors (Lipinski definition) is 5. The molecule has 1 aromatic heterocycles. The third-order valence-corrected chi connectivity index (χ3v) is 2.79. The summed E-state index contributed by atoms with van der Waals surface area (Å²) in [5.74, 6) is 1.77.